The van der Waals surface area contributed by atoms with Gasteiger partial charge in [-0.2, -0.15) is 0 Å². The Morgan fingerprint density at radius 1 is 0.882 bits per heavy atom. The van der Waals surface area contributed by atoms with Crippen LogP contribution in [-0.2, 0) is 4.74 Å². The maximum Gasteiger partial charge on any atom is 0.161 e. The van der Waals surface area contributed by atoms with Crippen molar-refractivity contribution in [2.75, 3.05) is 0 Å². The summed E-state index contributed by atoms with van der Waals surface area (Å²) in [4.78, 5) is 4.70. The second kappa shape index (κ2) is 10.3. The van der Waals surface area contributed by atoms with E-state index in [9.17, 15) is 8.78 Å². The van der Waals surface area contributed by atoms with Crippen LogP contribution >= 0.6 is 11.6 Å². The van der Waals surface area contributed by atoms with Crippen molar-refractivity contribution >= 4 is 22.6 Å². The van der Waals surface area contributed by atoms with Crippen molar-refractivity contribution in [3.8, 4) is 11.4 Å². The highest BCUT2D eigenvalue weighted by Crippen LogP contribution is 2.40. The molecule has 2 aliphatic carbocycles. The molecule has 0 aliphatic heterocycles. The fraction of sp³-hybridized carbons (Fsp3) is 0.536. The van der Waals surface area contributed by atoms with Gasteiger partial charge < -0.3 is 4.74 Å². The number of rotatable bonds is 6. The van der Waals surface area contributed by atoms with Crippen molar-refractivity contribution in [3.05, 3.63) is 53.1 Å². The molecule has 2 saturated carbocycles. The highest BCUT2D eigenvalue weighted by molar-refractivity contribution is 6.30. The van der Waals surface area contributed by atoms with E-state index in [2.05, 4.69) is 0 Å². The highest BCUT2D eigenvalue weighted by Gasteiger charge is 2.34. The molecule has 0 amide bonds. The Kier molecular flexibility index (Phi) is 7.22. The van der Waals surface area contributed by atoms with Gasteiger partial charge in [-0.15, -0.1) is 0 Å². The lowest BCUT2D eigenvalue weighted by Gasteiger charge is -2.39. The second-order valence-electron chi connectivity index (χ2n) is 10.1. The molecule has 3 aromatic rings. The van der Waals surface area contributed by atoms with Crippen LogP contribution in [0.4, 0.5) is 8.78 Å². The summed E-state index contributed by atoms with van der Waals surface area (Å²) in [5, 5.41) is 0.627. The summed E-state index contributed by atoms with van der Waals surface area (Å²) in [5.74, 6) is -0.0185. The van der Waals surface area contributed by atoms with Gasteiger partial charge in [-0.1, -0.05) is 50.1 Å². The van der Waals surface area contributed by atoms with Crippen LogP contribution in [0.1, 0.15) is 77.4 Å². The lowest BCUT2D eigenvalue weighted by molar-refractivity contribution is -0.107. The fourth-order valence-corrected chi connectivity index (χ4v) is 6.21. The normalized spacial score (nSPS) is 19.2. The summed E-state index contributed by atoms with van der Waals surface area (Å²) in [6.45, 7) is 2.01. The molecule has 3 nitrogen and oxygen atoms in total. The maximum atomic E-state index is 14.3. The van der Waals surface area contributed by atoms with Gasteiger partial charge in [-0.25, -0.2) is 13.8 Å². The van der Waals surface area contributed by atoms with Crippen LogP contribution in [0.15, 0.2) is 36.4 Å². The van der Waals surface area contributed by atoms with Gasteiger partial charge in [0.1, 0.15) is 12.1 Å². The van der Waals surface area contributed by atoms with Crippen LogP contribution < -0.4 is 0 Å². The molecule has 0 radical (unpaired) electrons. The van der Waals surface area contributed by atoms with E-state index in [4.69, 9.17) is 21.3 Å². The molecule has 1 heterocycles. The van der Waals surface area contributed by atoms with Gasteiger partial charge in [0, 0.05) is 22.7 Å². The van der Waals surface area contributed by atoms with Gasteiger partial charge in [-0.3, -0.25) is 4.57 Å². The third-order valence-electron chi connectivity index (χ3n) is 7.78. The van der Waals surface area contributed by atoms with E-state index in [0.717, 1.165) is 5.56 Å². The lowest BCUT2D eigenvalue weighted by atomic mass is 9.75. The molecule has 0 saturated heterocycles. The molecule has 0 N–H and O–H groups in total. The predicted octanol–water partition coefficient (Wildman–Crippen LogP) is 8.70. The number of ether oxygens (including phenoxy) is 1. The Morgan fingerprint density at radius 2 is 1.44 bits per heavy atom. The van der Waals surface area contributed by atoms with Crippen LogP contribution in [0.5, 0.6) is 0 Å². The molecule has 0 spiro atoms. The number of benzene rings is 2. The number of imidazole rings is 1. The molecule has 0 bridgehead atoms. The van der Waals surface area contributed by atoms with Crippen molar-refractivity contribution < 1.29 is 13.5 Å². The van der Waals surface area contributed by atoms with Crippen LogP contribution in [0.25, 0.3) is 22.4 Å². The minimum atomic E-state index is -0.893. The van der Waals surface area contributed by atoms with E-state index >= 15 is 0 Å². The summed E-state index contributed by atoms with van der Waals surface area (Å²) in [7, 11) is 0. The molecule has 2 aromatic carbocycles. The Morgan fingerprint density at radius 3 is 2.03 bits per heavy atom. The van der Waals surface area contributed by atoms with E-state index in [1.165, 1.54) is 76.3 Å². The molecule has 34 heavy (non-hydrogen) atoms. The fourth-order valence-electron chi connectivity index (χ4n) is 6.08. The standard InChI is InChI=1S/C28H33ClF2N2O/c1-18(34-27(19-8-4-2-5-9-19)20-10-6-3-7-11-20)33-26-17-24(31)23(30)16-25(26)32-28(33)21-12-14-22(29)15-13-21/h12-20,27H,2-11H2,1H3. The number of halogens is 3. The molecule has 2 fully saturated rings. The monoisotopic (exact) mass is 486 g/mol. The summed E-state index contributed by atoms with van der Waals surface area (Å²) < 4.78 is 37.2. The average Bonchev–Trinajstić information content (AvgIpc) is 3.22. The van der Waals surface area contributed by atoms with E-state index in [1.54, 1.807) is 12.1 Å². The van der Waals surface area contributed by atoms with Gasteiger partial charge in [0.2, 0.25) is 0 Å². The van der Waals surface area contributed by atoms with Gasteiger partial charge >= 0.3 is 0 Å². The first-order valence-corrected chi connectivity index (χ1v) is 13.2. The third kappa shape index (κ3) is 4.87. The minimum Gasteiger partial charge on any atom is -0.354 e. The number of hydrogen-bond donors (Lipinski definition) is 0. The second-order valence-corrected chi connectivity index (χ2v) is 10.5. The maximum absolute atomic E-state index is 14.3. The molecular weight excluding hydrogens is 454 g/mol. The topological polar surface area (TPSA) is 27.1 Å². The van der Waals surface area contributed by atoms with Crippen LogP contribution in [0.3, 0.4) is 0 Å². The zero-order valence-electron chi connectivity index (χ0n) is 19.8. The quantitative estimate of drug-likeness (QED) is 0.348. The minimum absolute atomic E-state index is 0.177. The molecule has 1 aromatic heterocycles. The average molecular weight is 487 g/mol. The first-order chi connectivity index (χ1) is 16.5. The summed E-state index contributed by atoms with van der Waals surface area (Å²) in [5.41, 5.74) is 1.80. The first-order valence-electron chi connectivity index (χ1n) is 12.8. The zero-order valence-corrected chi connectivity index (χ0v) is 20.5. The number of nitrogens with zero attached hydrogens (tertiary/aromatic N) is 2. The van der Waals surface area contributed by atoms with Crippen LogP contribution in [0.2, 0.25) is 5.02 Å². The van der Waals surface area contributed by atoms with Crippen molar-refractivity contribution in [2.24, 2.45) is 11.8 Å². The van der Waals surface area contributed by atoms with E-state index in [0.29, 0.717) is 33.7 Å². The van der Waals surface area contributed by atoms with E-state index < -0.39 is 11.6 Å². The Labute approximate surface area is 205 Å². The van der Waals surface area contributed by atoms with Crippen molar-refractivity contribution in [1.82, 2.24) is 9.55 Å². The van der Waals surface area contributed by atoms with Crippen LogP contribution in [-0.4, -0.2) is 15.7 Å². The predicted molar refractivity (Wildman–Crippen MR) is 133 cm³/mol. The number of fused-ring (bicyclic) bond motifs is 1. The van der Waals surface area contributed by atoms with E-state index in [1.807, 2.05) is 23.6 Å². The third-order valence-corrected chi connectivity index (χ3v) is 8.03. The van der Waals surface area contributed by atoms with E-state index in [-0.39, 0.29) is 12.3 Å². The SMILES string of the molecule is CC(OC(C1CCCCC1)C1CCCCC1)n1c(-c2ccc(Cl)cc2)nc2cc(F)c(F)cc21. The number of hydrogen-bond acceptors (Lipinski definition) is 2. The van der Waals surface area contributed by atoms with Gasteiger partial charge in [0.05, 0.1) is 17.1 Å². The molecule has 1 unspecified atom stereocenters. The van der Waals surface area contributed by atoms with Crippen molar-refractivity contribution in [1.29, 1.82) is 0 Å². The Balaban J connectivity index is 1.54. The summed E-state index contributed by atoms with van der Waals surface area (Å²) in [6.07, 6.45) is 12.3. The van der Waals surface area contributed by atoms with Gasteiger partial charge in [0.15, 0.2) is 11.6 Å². The Hall–Kier alpha value is -1.98. The summed E-state index contributed by atoms with van der Waals surface area (Å²) >= 11 is 6.11. The van der Waals surface area contributed by atoms with Gasteiger partial charge in [0.25, 0.3) is 0 Å². The van der Waals surface area contributed by atoms with Crippen molar-refractivity contribution in [2.45, 2.75) is 83.5 Å². The Bertz CT molecular complexity index is 1100. The van der Waals surface area contributed by atoms with Gasteiger partial charge in [-0.05, 0) is 68.7 Å². The zero-order chi connectivity index (χ0) is 23.7. The molecule has 1 atom stereocenters. The lowest BCUT2D eigenvalue weighted by Crippen LogP contribution is -2.36. The smallest absolute Gasteiger partial charge is 0.161 e. The first kappa shape index (κ1) is 23.7. The highest BCUT2D eigenvalue weighted by atomic mass is 35.5. The molecule has 2 aliphatic rings. The van der Waals surface area contributed by atoms with Crippen molar-refractivity contribution in [3.63, 3.8) is 0 Å². The molecule has 5 rings (SSSR count). The molecule has 6 heteroatoms. The summed E-state index contributed by atoms with van der Waals surface area (Å²) in [6, 6.07) is 9.80. The van der Waals surface area contributed by atoms with Crippen LogP contribution in [0, 0.1) is 23.5 Å². The molecular formula is C28H33ClF2N2O. The molecule has 182 valence electrons. The largest absolute Gasteiger partial charge is 0.354 e. The number of aromatic nitrogens is 2.